The number of hydrogen-bond acceptors (Lipinski definition) is 1. The van der Waals surface area contributed by atoms with E-state index in [1.165, 1.54) is 24.0 Å². The Balaban J connectivity index is 2.09. The molecule has 1 fully saturated rings. The van der Waals surface area contributed by atoms with Gasteiger partial charge in [-0.05, 0) is 41.2 Å². The largest absolute Gasteiger partial charge is 0.381 e. The van der Waals surface area contributed by atoms with E-state index in [0.717, 1.165) is 19.1 Å². The molecule has 0 radical (unpaired) electrons. The lowest BCUT2D eigenvalue weighted by molar-refractivity contribution is 0.0245. The fourth-order valence-corrected chi connectivity index (χ4v) is 2.70. The Kier molecular flexibility index (Phi) is 4.11. The fraction of sp³-hybridized carbons (Fsp3) is 0.647. The first-order valence-electron chi connectivity index (χ1n) is 7.14. The highest BCUT2D eigenvalue weighted by atomic mass is 16.5. The first-order chi connectivity index (χ1) is 8.47. The first kappa shape index (κ1) is 13.6. The van der Waals surface area contributed by atoms with Gasteiger partial charge in [0.05, 0.1) is 0 Å². The van der Waals surface area contributed by atoms with Crippen LogP contribution in [0.5, 0.6) is 0 Å². The van der Waals surface area contributed by atoms with E-state index in [9.17, 15) is 0 Å². The maximum atomic E-state index is 5.53. The Hall–Kier alpha value is -0.820. The van der Waals surface area contributed by atoms with Crippen molar-refractivity contribution in [2.75, 3.05) is 13.2 Å². The van der Waals surface area contributed by atoms with Gasteiger partial charge in [-0.1, -0.05) is 52.0 Å². The van der Waals surface area contributed by atoms with Crippen LogP contribution in [0.4, 0.5) is 0 Å². The van der Waals surface area contributed by atoms with Crippen LogP contribution >= 0.6 is 0 Å². The van der Waals surface area contributed by atoms with Crippen molar-refractivity contribution >= 4 is 0 Å². The van der Waals surface area contributed by atoms with Gasteiger partial charge >= 0.3 is 0 Å². The van der Waals surface area contributed by atoms with Gasteiger partial charge in [0.15, 0.2) is 0 Å². The molecule has 0 spiro atoms. The summed E-state index contributed by atoms with van der Waals surface area (Å²) in [5.74, 6) is 1.48. The van der Waals surface area contributed by atoms with Gasteiger partial charge in [0.25, 0.3) is 0 Å². The van der Waals surface area contributed by atoms with Gasteiger partial charge in [-0.3, -0.25) is 0 Å². The molecule has 0 aliphatic carbocycles. The lowest BCUT2D eigenvalue weighted by atomic mass is 9.82. The minimum absolute atomic E-state index is 0.247. The zero-order valence-corrected chi connectivity index (χ0v) is 12.2. The van der Waals surface area contributed by atoms with Crippen molar-refractivity contribution in [3.8, 4) is 0 Å². The Morgan fingerprint density at radius 1 is 1.28 bits per heavy atom. The molecule has 1 aliphatic heterocycles. The molecule has 0 saturated carbocycles. The van der Waals surface area contributed by atoms with Crippen LogP contribution in [0.3, 0.4) is 0 Å². The first-order valence-corrected chi connectivity index (χ1v) is 7.14. The highest BCUT2D eigenvalue weighted by molar-refractivity contribution is 5.29. The van der Waals surface area contributed by atoms with E-state index >= 15 is 0 Å². The van der Waals surface area contributed by atoms with E-state index in [4.69, 9.17) is 4.74 Å². The molecule has 18 heavy (non-hydrogen) atoms. The van der Waals surface area contributed by atoms with Crippen molar-refractivity contribution in [3.05, 3.63) is 35.4 Å². The Morgan fingerprint density at radius 3 is 2.72 bits per heavy atom. The molecule has 1 aromatic carbocycles. The second-order valence-corrected chi connectivity index (χ2v) is 6.76. The maximum absolute atomic E-state index is 5.53. The molecule has 2 atom stereocenters. The summed E-state index contributed by atoms with van der Waals surface area (Å²) in [7, 11) is 0. The lowest BCUT2D eigenvalue weighted by Crippen LogP contribution is -2.26. The quantitative estimate of drug-likeness (QED) is 0.760. The molecular weight excluding hydrogens is 220 g/mol. The van der Waals surface area contributed by atoms with Crippen molar-refractivity contribution in [2.45, 2.75) is 46.0 Å². The zero-order chi connectivity index (χ0) is 13.2. The molecule has 1 heterocycles. The van der Waals surface area contributed by atoms with E-state index in [0.29, 0.717) is 5.92 Å². The molecule has 0 aromatic heterocycles. The van der Waals surface area contributed by atoms with Crippen LogP contribution in [-0.2, 0) is 16.6 Å². The summed E-state index contributed by atoms with van der Waals surface area (Å²) in [5.41, 5.74) is 3.18. The fourth-order valence-electron chi connectivity index (χ4n) is 2.70. The standard InChI is InChI=1S/C17H26O/c1-13-12-18-9-8-15(13)10-14-6-5-7-16(11-14)17(2,3)4/h5-7,11,13,15H,8-10,12H2,1-4H3/t13-,15?/m0/s1. The third kappa shape index (κ3) is 3.35. The van der Waals surface area contributed by atoms with E-state index in [-0.39, 0.29) is 5.41 Å². The van der Waals surface area contributed by atoms with Crippen LogP contribution in [0.2, 0.25) is 0 Å². The second kappa shape index (κ2) is 5.44. The smallest absolute Gasteiger partial charge is 0.0494 e. The lowest BCUT2D eigenvalue weighted by Gasteiger charge is -2.29. The summed E-state index contributed by atoms with van der Waals surface area (Å²) in [6, 6.07) is 9.12. The minimum Gasteiger partial charge on any atom is -0.381 e. The van der Waals surface area contributed by atoms with Crippen LogP contribution in [-0.4, -0.2) is 13.2 Å². The number of ether oxygens (including phenoxy) is 1. The van der Waals surface area contributed by atoms with Crippen molar-refractivity contribution in [3.63, 3.8) is 0 Å². The minimum atomic E-state index is 0.247. The van der Waals surface area contributed by atoms with Gasteiger partial charge in [-0.2, -0.15) is 0 Å². The molecular formula is C17H26O. The summed E-state index contributed by atoms with van der Waals surface area (Å²) in [5, 5.41) is 0. The molecule has 0 bridgehead atoms. The van der Waals surface area contributed by atoms with E-state index in [1.54, 1.807) is 0 Å². The molecule has 1 aromatic rings. The average molecular weight is 246 g/mol. The average Bonchev–Trinajstić information content (AvgIpc) is 2.31. The Bertz CT molecular complexity index is 389. The molecule has 1 nitrogen and oxygen atoms in total. The van der Waals surface area contributed by atoms with Crippen molar-refractivity contribution in [2.24, 2.45) is 11.8 Å². The van der Waals surface area contributed by atoms with Crippen molar-refractivity contribution in [1.82, 2.24) is 0 Å². The van der Waals surface area contributed by atoms with Gasteiger partial charge in [0, 0.05) is 13.2 Å². The number of hydrogen-bond donors (Lipinski definition) is 0. The van der Waals surface area contributed by atoms with Crippen LogP contribution in [0, 0.1) is 11.8 Å². The normalized spacial score (nSPS) is 25.1. The topological polar surface area (TPSA) is 9.23 Å². The summed E-state index contributed by atoms with van der Waals surface area (Å²) >= 11 is 0. The van der Waals surface area contributed by atoms with Crippen LogP contribution in [0.1, 0.15) is 45.2 Å². The predicted molar refractivity (Wildman–Crippen MR) is 76.9 cm³/mol. The Labute approximate surface area is 112 Å². The highest BCUT2D eigenvalue weighted by Gasteiger charge is 2.22. The number of benzene rings is 1. The summed E-state index contributed by atoms with van der Waals surface area (Å²) in [6.07, 6.45) is 2.41. The molecule has 1 saturated heterocycles. The highest BCUT2D eigenvalue weighted by Crippen LogP contribution is 2.28. The van der Waals surface area contributed by atoms with Crippen molar-refractivity contribution < 1.29 is 4.74 Å². The SMILES string of the molecule is C[C@H]1COCCC1Cc1cccc(C(C)(C)C)c1. The summed E-state index contributed by atoms with van der Waals surface area (Å²) in [6.45, 7) is 11.0. The zero-order valence-electron chi connectivity index (χ0n) is 12.2. The van der Waals surface area contributed by atoms with Gasteiger partial charge in [0.1, 0.15) is 0 Å². The molecule has 2 rings (SSSR count). The van der Waals surface area contributed by atoms with E-state index in [2.05, 4.69) is 52.0 Å². The van der Waals surface area contributed by atoms with Gasteiger partial charge in [-0.25, -0.2) is 0 Å². The molecule has 1 aliphatic rings. The van der Waals surface area contributed by atoms with E-state index < -0.39 is 0 Å². The third-order valence-corrected chi connectivity index (χ3v) is 4.11. The van der Waals surface area contributed by atoms with Crippen LogP contribution in [0.25, 0.3) is 0 Å². The van der Waals surface area contributed by atoms with Crippen molar-refractivity contribution in [1.29, 1.82) is 0 Å². The molecule has 1 heteroatoms. The predicted octanol–water partition coefficient (Wildman–Crippen LogP) is 4.20. The van der Waals surface area contributed by atoms with Crippen LogP contribution < -0.4 is 0 Å². The summed E-state index contributed by atoms with van der Waals surface area (Å²) < 4.78 is 5.53. The number of rotatable bonds is 2. The van der Waals surface area contributed by atoms with Crippen LogP contribution in [0.15, 0.2) is 24.3 Å². The van der Waals surface area contributed by atoms with E-state index in [1.807, 2.05) is 0 Å². The Morgan fingerprint density at radius 2 is 2.06 bits per heavy atom. The van der Waals surface area contributed by atoms with Gasteiger partial charge < -0.3 is 4.74 Å². The van der Waals surface area contributed by atoms with Gasteiger partial charge in [-0.15, -0.1) is 0 Å². The summed E-state index contributed by atoms with van der Waals surface area (Å²) in [4.78, 5) is 0. The molecule has 0 amide bonds. The molecule has 100 valence electrons. The molecule has 1 unspecified atom stereocenters. The second-order valence-electron chi connectivity index (χ2n) is 6.76. The molecule has 0 N–H and O–H groups in total. The van der Waals surface area contributed by atoms with Gasteiger partial charge in [0.2, 0.25) is 0 Å². The maximum Gasteiger partial charge on any atom is 0.0494 e. The monoisotopic (exact) mass is 246 g/mol. The third-order valence-electron chi connectivity index (χ3n) is 4.11.